The van der Waals surface area contributed by atoms with Gasteiger partial charge in [-0.05, 0) is 173 Å². The molecule has 0 bridgehead atoms. The van der Waals surface area contributed by atoms with Crippen LogP contribution in [0.3, 0.4) is 0 Å². The van der Waals surface area contributed by atoms with Crippen LogP contribution < -0.4 is 0 Å². The van der Waals surface area contributed by atoms with Crippen LogP contribution in [0.25, 0.3) is 0 Å². The molecule has 0 saturated heterocycles. The van der Waals surface area contributed by atoms with Crippen molar-refractivity contribution in [2.24, 2.45) is 25.0 Å². The monoisotopic (exact) mass is 1550 g/mol. The van der Waals surface area contributed by atoms with Gasteiger partial charge in [0.2, 0.25) is 0 Å². The molecule has 11 aromatic heterocycles. The summed E-state index contributed by atoms with van der Waals surface area (Å²) in [5.41, 5.74) is 10.9. The predicted molar refractivity (Wildman–Crippen MR) is 465 cm³/mol. The molecule has 0 aliphatic carbocycles. The number of imidazole rings is 2. The molecule has 0 amide bonds. The Kier molecular flexibility index (Phi) is 61.8. The minimum Gasteiger partial charge on any atom is -0.466 e. The summed E-state index contributed by atoms with van der Waals surface area (Å²) in [6, 6.07) is 21.9. The second-order valence-electron chi connectivity index (χ2n) is 22.9. The van der Waals surface area contributed by atoms with E-state index in [9.17, 15) is 0 Å². The summed E-state index contributed by atoms with van der Waals surface area (Å²) in [6.07, 6.45) is 52.2. The van der Waals surface area contributed by atoms with Gasteiger partial charge in [0.15, 0.2) is 6.39 Å². The van der Waals surface area contributed by atoms with Gasteiger partial charge < -0.3 is 23.3 Å². The standard InChI is InChI=1S/C8H12O.C7H9N.2C6H8N2.3C6H9N.C6H8S.3C5H8N2.2C5H7NO.2C5H7NS/c1-4-8-6(2)5-7(3)9-8;1-2-7-5-3-4-6-8-7;1-2-6-7-4-3-5-8-6;1-2-6-4-3-5-7-8-6;2*1-2-6-3-4-7-5-6;2*1-2-6-4-3-5-7-6;2*1-2-5-3-6-4-7-5;1-2-5-6-3-4-7-5;1-2-5-3-7-4-6-5;1-2-5-3-4-6-7-5;1-2-5-6-3-4-7-5;1-2-5-3-4-6-7-5/h5H,4H2,1-3H3;3-6H,2H2,1H3;2*3-5H,2H2,1H3;2*3,5H,2,4H2,1H3;3-4H,2,5H2,1H3;3-5H,2H2,1H3;2*3-4H,2H2,1H3,(H,6,7);3H,2,4H2,1H3;4*3-4H,2H2,1H3. The highest BCUT2D eigenvalue weighted by molar-refractivity contribution is 7.10. The number of thiophene rings is 1. The van der Waals surface area contributed by atoms with E-state index >= 15 is 0 Å². The van der Waals surface area contributed by atoms with Crippen LogP contribution in [-0.4, -0.2) is 121 Å². The van der Waals surface area contributed by atoms with E-state index in [1.54, 1.807) is 66.6 Å². The number of hydrogen-bond acceptors (Lipinski definition) is 22. The van der Waals surface area contributed by atoms with Gasteiger partial charge in [0.1, 0.15) is 35.2 Å². The first-order chi connectivity index (χ1) is 53.8. The Hall–Kier alpha value is -10.0. The summed E-state index contributed by atoms with van der Waals surface area (Å²) >= 11 is 5.11. The number of aliphatic imine (C=N–C) groups is 5. The van der Waals surface area contributed by atoms with E-state index in [0.29, 0.717) is 0 Å². The number of oxazole rings is 1. The van der Waals surface area contributed by atoms with Gasteiger partial charge in [0.05, 0.1) is 61.4 Å². The topological polar surface area (TPSA) is 275 Å². The van der Waals surface area contributed by atoms with Gasteiger partial charge in [-0.25, -0.2) is 39.3 Å². The number of allylic oxidation sites excluding steroid dienone is 3. The smallest absolute Gasteiger partial charge is 0.180 e. The number of furan rings is 1. The summed E-state index contributed by atoms with van der Waals surface area (Å²) in [5, 5.41) is 16.4. The van der Waals surface area contributed by atoms with E-state index in [-0.39, 0.29) is 0 Å². The largest absolute Gasteiger partial charge is 0.466 e. The van der Waals surface area contributed by atoms with Crippen molar-refractivity contribution in [1.29, 1.82) is 0 Å². The third-order valence-corrected chi connectivity index (χ3v) is 17.7. The minimum atomic E-state index is 0.795. The molecular formula is C86H124N18O3S3. The molecule has 110 heavy (non-hydrogen) atoms. The van der Waals surface area contributed by atoms with Crippen molar-refractivity contribution < 1.29 is 13.4 Å². The van der Waals surface area contributed by atoms with Gasteiger partial charge in [0, 0.05) is 138 Å². The molecule has 0 atom stereocenters. The molecule has 0 radical (unpaired) electrons. The fourth-order valence-corrected chi connectivity index (χ4v) is 10.0. The second-order valence-corrected chi connectivity index (χ2v) is 25.8. The van der Waals surface area contributed by atoms with E-state index in [0.717, 1.165) is 162 Å². The Morgan fingerprint density at radius 2 is 1.16 bits per heavy atom. The van der Waals surface area contributed by atoms with E-state index in [4.69, 9.17) is 13.4 Å². The Morgan fingerprint density at radius 3 is 1.43 bits per heavy atom. The number of nitrogens with zero attached hydrogens (tertiary/aromatic N) is 16. The number of nitrogens with one attached hydrogen (secondary N) is 2. The highest BCUT2D eigenvalue weighted by Crippen LogP contribution is 2.14. The number of aryl methyl sites for hydroxylation is 13. The van der Waals surface area contributed by atoms with Crippen LogP contribution in [0.5, 0.6) is 0 Å². The number of aromatic amines is 2. The van der Waals surface area contributed by atoms with Crippen LogP contribution in [0.1, 0.15) is 201 Å². The summed E-state index contributed by atoms with van der Waals surface area (Å²) in [6.45, 7) is 39.0. The molecule has 0 fully saturated rings. The minimum absolute atomic E-state index is 0.795. The molecule has 2 N–H and O–H groups in total. The lowest BCUT2D eigenvalue weighted by molar-refractivity contribution is 0.387. The highest BCUT2D eigenvalue weighted by Gasteiger charge is 2.01. The van der Waals surface area contributed by atoms with Gasteiger partial charge in [-0.3, -0.25) is 25.0 Å². The van der Waals surface area contributed by atoms with Gasteiger partial charge in [-0.2, -0.15) is 10.2 Å². The highest BCUT2D eigenvalue weighted by atomic mass is 32.1. The average molecular weight is 1550 g/mol. The van der Waals surface area contributed by atoms with Crippen molar-refractivity contribution in [1.82, 2.24) is 64.6 Å². The summed E-state index contributed by atoms with van der Waals surface area (Å²) in [5.74, 6) is 4.98. The van der Waals surface area contributed by atoms with Gasteiger partial charge in [-0.1, -0.05) is 139 Å². The van der Waals surface area contributed by atoms with Gasteiger partial charge >= 0.3 is 0 Å². The van der Waals surface area contributed by atoms with Crippen LogP contribution in [0, 0.1) is 13.8 Å². The number of rotatable bonds is 15. The zero-order valence-corrected chi connectivity index (χ0v) is 71.0. The molecule has 0 unspecified atom stereocenters. The summed E-state index contributed by atoms with van der Waals surface area (Å²) in [4.78, 5) is 56.7. The number of thiazole rings is 1. The Labute approximate surface area is 669 Å². The maximum Gasteiger partial charge on any atom is 0.180 e. The molecule has 4 aliphatic heterocycles. The van der Waals surface area contributed by atoms with E-state index in [2.05, 4.69) is 227 Å². The van der Waals surface area contributed by atoms with Crippen LogP contribution in [0.2, 0.25) is 0 Å². The van der Waals surface area contributed by atoms with Gasteiger partial charge in [0.25, 0.3) is 0 Å². The molecule has 594 valence electrons. The zero-order valence-electron chi connectivity index (χ0n) is 68.6. The molecule has 0 aromatic carbocycles. The first-order valence-corrected chi connectivity index (χ1v) is 40.9. The fourth-order valence-electron chi connectivity index (χ4n) is 8.27. The van der Waals surface area contributed by atoms with Crippen molar-refractivity contribution in [2.75, 3.05) is 26.2 Å². The van der Waals surface area contributed by atoms with Crippen molar-refractivity contribution >= 4 is 64.4 Å². The predicted octanol–water partition coefficient (Wildman–Crippen LogP) is 21.4. The Bertz CT molecular complexity index is 3450. The quantitative estimate of drug-likeness (QED) is 0.0966. The number of hydrogen-bond donors (Lipinski definition) is 2. The van der Waals surface area contributed by atoms with Crippen molar-refractivity contribution in [3.63, 3.8) is 0 Å². The Balaban J connectivity index is 0.000000590. The van der Waals surface area contributed by atoms with Crippen molar-refractivity contribution in [2.45, 2.75) is 214 Å². The average Bonchev–Trinajstić information content (AvgIpc) is 1.76. The molecule has 11 aromatic rings. The number of amidine groups is 1. The Morgan fingerprint density at radius 1 is 0.491 bits per heavy atom. The third-order valence-electron chi connectivity index (χ3n) is 14.8. The van der Waals surface area contributed by atoms with E-state index in [1.807, 2.05) is 143 Å². The summed E-state index contributed by atoms with van der Waals surface area (Å²) < 4.78 is 18.7. The lowest BCUT2D eigenvalue weighted by Gasteiger charge is -1.88. The van der Waals surface area contributed by atoms with Crippen LogP contribution in [0.15, 0.2) is 232 Å². The second kappa shape index (κ2) is 69.4. The zero-order chi connectivity index (χ0) is 80.6. The lowest BCUT2D eigenvalue weighted by Crippen LogP contribution is -1.87. The first-order valence-electron chi connectivity index (χ1n) is 38.4. The van der Waals surface area contributed by atoms with Crippen LogP contribution in [-0.2, 0) is 70.6 Å². The molecule has 21 nitrogen and oxygen atoms in total. The molecule has 4 aliphatic rings. The SMILES string of the molecule is CCC1=CCN=C1.CCC1=CCN=C1.CCC1=NCC=C1.CCC1=NCC=N1.CCc1ccccn1.CCc1cccnn1.CCc1cccs1.CCc1ccno1.CCc1ccns1.CCc1cnc[nH]1.CCc1cnc[nH]1.CCc1cocn1.CCc1ncccn1.CCc1nccs1.CCc1oc(C)cc1C. The van der Waals surface area contributed by atoms with Crippen LogP contribution >= 0.6 is 34.2 Å². The van der Waals surface area contributed by atoms with Crippen molar-refractivity contribution in [3.8, 4) is 0 Å². The molecule has 0 saturated carbocycles. The summed E-state index contributed by atoms with van der Waals surface area (Å²) in [7, 11) is 0. The van der Waals surface area contributed by atoms with Crippen molar-refractivity contribution in [3.05, 3.63) is 266 Å². The molecule has 24 heteroatoms. The van der Waals surface area contributed by atoms with Gasteiger partial charge in [-0.15, -0.1) is 22.7 Å². The fraction of sp³-hybridized carbons (Fsp3) is 0.419. The number of aromatic nitrogens is 13. The normalized spacial score (nSPS) is 11.4. The lowest BCUT2D eigenvalue weighted by atomic mass is 10.2. The van der Waals surface area contributed by atoms with E-state index < -0.39 is 0 Å². The molecule has 15 heterocycles. The molecular weight excluding hydrogens is 1430 g/mol. The number of H-pyrrole nitrogens is 2. The molecule has 0 spiro atoms. The van der Waals surface area contributed by atoms with Crippen LogP contribution in [0.4, 0.5) is 0 Å². The maximum absolute atomic E-state index is 5.36. The van der Waals surface area contributed by atoms with E-state index in [1.165, 1.54) is 61.4 Å². The molecule has 15 rings (SSSR count). The maximum atomic E-state index is 5.36. The first kappa shape index (κ1) is 98.0. The number of pyridine rings is 1. The third kappa shape index (κ3) is 52.1.